The van der Waals surface area contributed by atoms with Gasteiger partial charge in [-0.2, -0.15) is 0 Å². The van der Waals surface area contributed by atoms with E-state index in [-0.39, 0.29) is 0 Å². The molecule has 3 heterocycles. The number of aryl methyl sites for hydroxylation is 1. The van der Waals surface area contributed by atoms with E-state index in [1.807, 2.05) is 18.3 Å². The zero-order chi connectivity index (χ0) is 24.8. The van der Waals surface area contributed by atoms with Crippen molar-refractivity contribution in [3.63, 3.8) is 0 Å². The number of pyridine rings is 2. The largest absolute Gasteiger partial charge is 0.398 e. The monoisotopic (exact) mass is 475 g/mol. The summed E-state index contributed by atoms with van der Waals surface area (Å²) in [6.45, 7) is 6.65. The van der Waals surface area contributed by atoms with Gasteiger partial charge >= 0.3 is 0 Å². The topological polar surface area (TPSA) is 60.0 Å². The molecule has 1 aliphatic carbocycles. The van der Waals surface area contributed by atoms with E-state index < -0.39 is 0 Å². The van der Waals surface area contributed by atoms with Crippen molar-refractivity contribution in [2.75, 3.05) is 25.9 Å². The molecule has 0 atom stereocenters. The lowest BCUT2D eigenvalue weighted by molar-refractivity contribution is 0.149. The Morgan fingerprint density at radius 2 is 1.78 bits per heavy atom. The highest BCUT2D eigenvalue weighted by atomic mass is 15.1. The van der Waals surface area contributed by atoms with Gasteiger partial charge in [-0.25, -0.2) is 9.97 Å². The molecule has 182 valence electrons. The van der Waals surface area contributed by atoms with Crippen LogP contribution in [0.25, 0.3) is 44.3 Å². The van der Waals surface area contributed by atoms with Crippen molar-refractivity contribution >= 4 is 27.6 Å². The number of anilines is 1. The SMILES string of the molecule is CCN(C)CC1CC(n2cc(-c3ccc4ccc(-c5ccccc5)nc4c3C)c3c(N)ccnc32)C1. The van der Waals surface area contributed by atoms with Gasteiger partial charge < -0.3 is 15.2 Å². The van der Waals surface area contributed by atoms with Crippen molar-refractivity contribution in [2.24, 2.45) is 5.92 Å². The molecule has 0 unspecified atom stereocenters. The van der Waals surface area contributed by atoms with E-state index in [9.17, 15) is 0 Å². The summed E-state index contributed by atoms with van der Waals surface area (Å²) < 4.78 is 2.38. The van der Waals surface area contributed by atoms with E-state index in [0.717, 1.165) is 63.5 Å². The molecule has 1 aliphatic rings. The summed E-state index contributed by atoms with van der Waals surface area (Å²) in [5, 5.41) is 2.20. The Morgan fingerprint density at radius 3 is 2.56 bits per heavy atom. The van der Waals surface area contributed by atoms with Crippen LogP contribution in [0, 0.1) is 12.8 Å². The molecule has 3 aromatic heterocycles. The van der Waals surface area contributed by atoms with Crippen molar-refractivity contribution in [1.82, 2.24) is 19.4 Å². The maximum absolute atomic E-state index is 6.57. The third-order valence-electron chi connectivity index (χ3n) is 7.93. The van der Waals surface area contributed by atoms with E-state index in [1.165, 1.54) is 24.0 Å². The first kappa shape index (κ1) is 22.7. The minimum Gasteiger partial charge on any atom is -0.398 e. The number of hydrogen-bond acceptors (Lipinski definition) is 4. The molecule has 1 fully saturated rings. The van der Waals surface area contributed by atoms with Crippen LogP contribution >= 0.6 is 0 Å². The number of nitrogen functional groups attached to an aromatic ring is 1. The van der Waals surface area contributed by atoms with Crippen LogP contribution in [-0.4, -0.2) is 39.6 Å². The second kappa shape index (κ2) is 9.07. The van der Waals surface area contributed by atoms with Crippen molar-refractivity contribution in [2.45, 2.75) is 32.7 Å². The minimum absolute atomic E-state index is 0.467. The van der Waals surface area contributed by atoms with Gasteiger partial charge in [-0.1, -0.05) is 55.5 Å². The molecule has 0 saturated heterocycles. The highest BCUT2D eigenvalue weighted by molar-refractivity contribution is 6.04. The molecule has 5 aromatic rings. The smallest absolute Gasteiger partial charge is 0.142 e. The fourth-order valence-corrected chi connectivity index (χ4v) is 5.72. The molecular formula is C31H33N5. The van der Waals surface area contributed by atoms with Gasteiger partial charge in [-0.05, 0) is 62.5 Å². The Balaban J connectivity index is 1.44. The van der Waals surface area contributed by atoms with Gasteiger partial charge in [-0.15, -0.1) is 0 Å². The number of aromatic nitrogens is 3. The molecule has 2 aromatic carbocycles. The Hall–Kier alpha value is -3.70. The molecule has 5 nitrogen and oxygen atoms in total. The van der Waals surface area contributed by atoms with Crippen LogP contribution in [0.3, 0.4) is 0 Å². The lowest BCUT2D eigenvalue weighted by atomic mass is 9.79. The zero-order valence-corrected chi connectivity index (χ0v) is 21.3. The molecular weight excluding hydrogens is 442 g/mol. The molecule has 1 saturated carbocycles. The van der Waals surface area contributed by atoms with Crippen LogP contribution in [0.1, 0.15) is 31.4 Å². The Kier molecular flexibility index (Phi) is 5.73. The van der Waals surface area contributed by atoms with Gasteiger partial charge in [0.1, 0.15) is 5.65 Å². The highest BCUT2D eigenvalue weighted by Gasteiger charge is 2.33. The number of hydrogen-bond donors (Lipinski definition) is 1. The van der Waals surface area contributed by atoms with Crippen LogP contribution < -0.4 is 5.73 Å². The maximum atomic E-state index is 6.57. The lowest BCUT2D eigenvalue weighted by Gasteiger charge is -2.38. The van der Waals surface area contributed by atoms with Crippen LogP contribution in [0.5, 0.6) is 0 Å². The standard InChI is InChI=1S/C31H33N5/c1-4-35(3)18-21-16-24(17-21)36-19-26(29-27(32)14-15-33-31(29)36)25-12-10-23-11-13-28(34-30(23)20(25)2)22-8-6-5-7-9-22/h5-15,19,21,24H,4,16-18H2,1-3H3,(H2,32,33). The van der Waals surface area contributed by atoms with Crippen molar-refractivity contribution < 1.29 is 0 Å². The summed E-state index contributed by atoms with van der Waals surface area (Å²) in [5.41, 5.74) is 15.0. The molecule has 0 aliphatic heterocycles. The fraction of sp³-hybridized carbons (Fsp3) is 0.290. The molecule has 2 N–H and O–H groups in total. The quantitative estimate of drug-likeness (QED) is 0.296. The molecule has 36 heavy (non-hydrogen) atoms. The number of nitrogens with two attached hydrogens (primary N) is 1. The lowest BCUT2D eigenvalue weighted by Crippen LogP contribution is -2.35. The van der Waals surface area contributed by atoms with Crippen molar-refractivity contribution in [1.29, 1.82) is 0 Å². The molecule has 6 rings (SSSR count). The average Bonchev–Trinajstić information content (AvgIpc) is 3.26. The van der Waals surface area contributed by atoms with Gasteiger partial charge in [0.15, 0.2) is 0 Å². The minimum atomic E-state index is 0.467. The zero-order valence-electron chi connectivity index (χ0n) is 21.3. The maximum Gasteiger partial charge on any atom is 0.142 e. The summed E-state index contributed by atoms with van der Waals surface area (Å²) in [5.74, 6) is 0.741. The summed E-state index contributed by atoms with van der Waals surface area (Å²) in [7, 11) is 2.21. The first-order valence-electron chi connectivity index (χ1n) is 12.9. The summed E-state index contributed by atoms with van der Waals surface area (Å²) in [6, 6.07) is 21.4. The van der Waals surface area contributed by atoms with Crippen LogP contribution in [0.2, 0.25) is 0 Å². The molecule has 0 spiro atoms. The van der Waals surface area contributed by atoms with E-state index in [1.54, 1.807) is 0 Å². The summed E-state index contributed by atoms with van der Waals surface area (Å²) in [6.07, 6.45) is 6.49. The number of nitrogens with zero attached hydrogens (tertiary/aromatic N) is 4. The van der Waals surface area contributed by atoms with Crippen molar-refractivity contribution in [3.8, 4) is 22.4 Å². The number of fused-ring (bicyclic) bond motifs is 2. The average molecular weight is 476 g/mol. The van der Waals surface area contributed by atoms with Crippen LogP contribution in [0.15, 0.2) is 73.1 Å². The Morgan fingerprint density at radius 1 is 1.00 bits per heavy atom. The number of benzene rings is 2. The van der Waals surface area contributed by atoms with Gasteiger partial charge in [0, 0.05) is 52.6 Å². The predicted molar refractivity (Wildman–Crippen MR) is 150 cm³/mol. The number of rotatable bonds is 6. The van der Waals surface area contributed by atoms with Gasteiger partial charge in [-0.3, -0.25) is 0 Å². The first-order valence-corrected chi connectivity index (χ1v) is 12.9. The van der Waals surface area contributed by atoms with E-state index in [0.29, 0.717) is 6.04 Å². The second-order valence-corrected chi connectivity index (χ2v) is 10.3. The van der Waals surface area contributed by atoms with Gasteiger partial charge in [0.05, 0.1) is 11.2 Å². The third-order valence-corrected chi connectivity index (χ3v) is 7.93. The fourth-order valence-electron chi connectivity index (χ4n) is 5.72. The van der Waals surface area contributed by atoms with Crippen molar-refractivity contribution in [3.05, 3.63) is 78.6 Å². The van der Waals surface area contributed by atoms with Crippen LogP contribution in [-0.2, 0) is 0 Å². The predicted octanol–water partition coefficient (Wildman–Crippen LogP) is 6.71. The molecule has 0 bridgehead atoms. The van der Waals surface area contributed by atoms with Crippen LogP contribution in [0.4, 0.5) is 5.69 Å². The van der Waals surface area contributed by atoms with E-state index >= 15 is 0 Å². The summed E-state index contributed by atoms with van der Waals surface area (Å²) >= 11 is 0. The summed E-state index contributed by atoms with van der Waals surface area (Å²) in [4.78, 5) is 12.3. The van der Waals surface area contributed by atoms with E-state index in [4.69, 9.17) is 15.7 Å². The second-order valence-electron chi connectivity index (χ2n) is 10.3. The molecule has 0 amide bonds. The normalized spacial score (nSPS) is 17.7. The van der Waals surface area contributed by atoms with Gasteiger partial charge in [0.25, 0.3) is 0 Å². The third kappa shape index (κ3) is 3.84. The first-order chi connectivity index (χ1) is 17.5. The molecule has 0 radical (unpaired) electrons. The van der Waals surface area contributed by atoms with E-state index in [2.05, 4.69) is 85.1 Å². The Labute approximate surface area is 212 Å². The highest BCUT2D eigenvalue weighted by Crippen LogP contribution is 2.44. The Bertz CT molecular complexity index is 1550. The molecule has 5 heteroatoms. The van der Waals surface area contributed by atoms with Gasteiger partial charge in [0.2, 0.25) is 0 Å².